The van der Waals surface area contributed by atoms with E-state index < -0.39 is 11.9 Å². The zero-order valence-corrected chi connectivity index (χ0v) is 14.2. The minimum absolute atomic E-state index is 0.673. The Labute approximate surface area is 137 Å². The van der Waals surface area contributed by atoms with Crippen LogP contribution in [0.2, 0.25) is 0 Å². The Morgan fingerprint density at radius 1 is 1.17 bits per heavy atom. The van der Waals surface area contributed by atoms with Crippen molar-refractivity contribution in [3.8, 4) is 0 Å². The van der Waals surface area contributed by atoms with Gasteiger partial charge in [-0.1, -0.05) is 0 Å². The summed E-state index contributed by atoms with van der Waals surface area (Å²) in [7, 11) is 1.70. The van der Waals surface area contributed by atoms with Gasteiger partial charge in [0.15, 0.2) is 0 Å². The Bertz CT molecular complexity index is 702. The summed E-state index contributed by atoms with van der Waals surface area (Å²) < 4.78 is 5.04. The number of carboxylic acid groups (broad SMARTS) is 2. The fraction of sp³-hybridized carbons (Fsp3) is 0.429. The first-order chi connectivity index (χ1) is 10.8. The first kappa shape index (κ1) is 18.8. The van der Waals surface area contributed by atoms with Crippen LogP contribution in [0.25, 0.3) is 10.2 Å². The Morgan fingerprint density at radius 2 is 1.78 bits per heavy atom. The molecule has 0 unspecified atom stereocenters. The number of carboxylic acids is 2. The zero-order valence-electron chi connectivity index (χ0n) is 13.3. The monoisotopic (exact) mass is 341 g/mol. The summed E-state index contributed by atoms with van der Waals surface area (Å²) in [5.74, 6) is -1.92. The topological polar surface area (TPSA) is 122 Å². The van der Waals surface area contributed by atoms with Gasteiger partial charge in [0, 0.05) is 18.5 Å². The molecule has 0 aliphatic heterocycles. The summed E-state index contributed by atoms with van der Waals surface area (Å²) >= 11 is 1.72. The van der Waals surface area contributed by atoms with Crippen molar-refractivity contribution in [2.45, 2.75) is 20.8 Å². The number of rotatable bonds is 4. The number of hydrogen-bond acceptors (Lipinski definition) is 7. The van der Waals surface area contributed by atoms with E-state index in [4.69, 9.17) is 24.5 Å². The lowest BCUT2D eigenvalue weighted by Gasteiger charge is -2.07. The quantitative estimate of drug-likeness (QED) is 0.569. The highest BCUT2D eigenvalue weighted by molar-refractivity contribution is 7.18. The molecule has 0 saturated heterocycles. The summed E-state index contributed by atoms with van der Waals surface area (Å²) in [6.45, 7) is 7.60. The molecule has 126 valence electrons. The average molecular weight is 341 g/mol. The Hall–Kier alpha value is -2.26. The van der Waals surface area contributed by atoms with Crippen LogP contribution in [0.1, 0.15) is 16.3 Å². The number of ether oxygens (including phenoxy) is 1. The second-order valence-electron chi connectivity index (χ2n) is 4.61. The van der Waals surface area contributed by atoms with E-state index in [0.29, 0.717) is 6.61 Å². The molecule has 2 heterocycles. The van der Waals surface area contributed by atoms with Crippen LogP contribution in [0.5, 0.6) is 0 Å². The van der Waals surface area contributed by atoms with Crippen molar-refractivity contribution in [2.24, 2.45) is 0 Å². The van der Waals surface area contributed by atoms with Crippen LogP contribution in [0.4, 0.5) is 5.82 Å². The number of methoxy groups -OCH3 is 1. The smallest absolute Gasteiger partial charge is 0.414 e. The first-order valence-corrected chi connectivity index (χ1v) is 7.53. The third kappa shape index (κ3) is 5.15. The zero-order chi connectivity index (χ0) is 17.6. The summed E-state index contributed by atoms with van der Waals surface area (Å²) in [6.07, 6.45) is 0. The average Bonchev–Trinajstić information content (AvgIpc) is 2.74. The molecular weight excluding hydrogens is 322 g/mol. The Morgan fingerprint density at radius 3 is 2.30 bits per heavy atom. The Balaban J connectivity index is 0.000000379. The van der Waals surface area contributed by atoms with Crippen LogP contribution in [0.15, 0.2) is 0 Å². The number of thiophene rings is 1. The number of fused-ring (bicyclic) bond motifs is 1. The first-order valence-electron chi connectivity index (χ1n) is 6.71. The molecular formula is C14H19N3O5S. The van der Waals surface area contributed by atoms with Gasteiger partial charge >= 0.3 is 11.9 Å². The van der Waals surface area contributed by atoms with E-state index in [2.05, 4.69) is 29.1 Å². The maximum atomic E-state index is 9.10. The van der Waals surface area contributed by atoms with Crippen LogP contribution in [-0.4, -0.2) is 52.4 Å². The summed E-state index contributed by atoms with van der Waals surface area (Å²) in [6, 6.07) is 0. The number of nitrogens with one attached hydrogen (secondary N) is 1. The largest absolute Gasteiger partial charge is 0.473 e. The van der Waals surface area contributed by atoms with Crippen molar-refractivity contribution in [2.75, 3.05) is 25.6 Å². The fourth-order valence-corrected chi connectivity index (χ4v) is 2.83. The molecule has 8 nitrogen and oxygen atoms in total. The molecule has 23 heavy (non-hydrogen) atoms. The van der Waals surface area contributed by atoms with Crippen LogP contribution in [0.3, 0.4) is 0 Å². The number of nitrogens with zero attached hydrogens (tertiary/aromatic N) is 2. The predicted octanol–water partition coefficient (Wildman–Crippen LogP) is 1.83. The molecule has 2 aromatic heterocycles. The van der Waals surface area contributed by atoms with Gasteiger partial charge in [0.1, 0.15) is 16.5 Å². The van der Waals surface area contributed by atoms with Gasteiger partial charge in [-0.15, -0.1) is 11.3 Å². The lowest BCUT2D eigenvalue weighted by molar-refractivity contribution is -0.159. The molecule has 0 amide bonds. The van der Waals surface area contributed by atoms with Gasteiger partial charge in [-0.3, -0.25) is 0 Å². The molecule has 0 spiro atoms. The summed E-state index contributed by atoms with van der Waals surface area (Å²) in [4.78, 5) is 29.5. The van der Waals surface area contributed by atoms with Crippen LogP contribution >= 0.6 is 11.3 Å². The number of aryl methyl sites for hydroxylation is 3. The van der Waals surface area contributed by atoms with Crippen LogP contribution in [-0.2, 0) is 14.3 Å². The number of aromatic nitrogens is 2. The normalized spacial score (nSPS) is 10.1. The van der Waals surface area contributed by atoms with Crippen LogP contribution < -0.4 is 5.32 Å². The van der Waals surface area contributed by atoms with Gasteiger partial charge in [0.2, 0.25) is 0 Å². The SMILES string of the molecule is COCCNc1nc(C)nc2sc(C)c(C)c12.O=C(O)C(=O)O. The molecule has 0 saturated carbocycles. The van der Waals surface area contributed by atoms with Gasteiger partial charge in [0.05, 0.1) is 12.0 Å². The molecule has 0 atom stereocenters. The van der Waals surface area contributed by atoms with E-state index in [1.165, 1.54) is 10.4 Å². The highest BCUT2D eigenvalue weighted by Crippen LogP contribution is 2.32. The summed E-state index contributed by atoms with van der Waals surface area (Å²) in [5, 5.41) is 19.2. The van der Waals surface area contributed by atoms with Crippen molar-refractivity contribution in [3.05, 3.63) is 16.3 Å². The van der Waals surface area contributed by atoms with Crippen molar-refractivity contribution in [1.82, 2.24) is 9.97 Å². The predicted molar refractivity (Wildman–Crippen MR) is 87.3 cm³/mol. The second-order valence-corrected chi connectivity index (χ2v) is 5.82. The number of hydrogen-bond donors (Lipinski definition) is 3. The third-order valence-corrected chi connectivity index (χ3v) is 4.02. The van der Waals surface area contributed by atoms with Crippen molar-refractivity contribution in [1.29, 1.82) is 0 Å². The van der Waals surface area contributed by atoms with Crippen LogP contribution in [0, 0.1) is 20.8 Å². The molecule has 3 N–H and O–H groups in total. The van der Waals surface area contributed by atoms with Gasteiger partial charge in [-0.25, -0.2) is 19.6 Å². The maximum absolute atomic E-state index is 9.10. The highest BCUT2D eigenvalue weighted by atomic mass is 32.1. The van der Waals surface area contributed by atoms with Crippen molar-refractivity contribution in [3.63, 3.8) is 0 Å². The molecule has 0 bridgehead atoms. The third-order valence-electron chi connectivity index (χ3n) is 2.92. The van der Waals surface area contributed by atoms with E-state index in [0.717, 1.165) is 28.4 Å². The molecule has 0 aliphatic carbocycles. The molecule has 2 aromatic rings. The number of carbonyl (C=O) groups is 2. The standard InChI is InChI=1S/C12H17N3OS.C2H2O4/c1-7-8(2)17-12-10(7)11(13-5-6-16-4)14-9(3)15-12;3-1(4)2(5)6/h5-6H2,1-4H3,(H,13,14,15);(H,3,4)(H,5,6). The lowest BCUT2D eigenvalue weighted by Crippen LogP contribution is -2.10. The molecule has 0 aromatic carbocycles. The molecule has 0 fully saturated rings. The van der Waals surface area contributed by atoms with Crippen molar-refractivity contribution < 1.29 is 24.5 Å². The number of anilines is 1. The van der Waals surface area contributed by atoms with Gasteiger partial charge in [-0.05, 0) is 26.3 Å². The molecule has 0 radical (unpaired) electrons. The summed E-state index contributed by atoms with van der Waals surface area (Å²) in [5.41, 5.74) is 1.27. The van der Waals surface area contributed by atoms with Crippen molar-refractivity contribution >= 4 is 39.3 Å². The van der Waals surface area contributed by atoms with Gasteiger partial charge < -0.3 is 20.3 Å². The highest BCUT2D eigenvalue weighted by Gasteiger charge is 2.12. The van der Waals surface area contributed by atoms with E-state index in [1.807, 2.05) is 6.92 Å². The minimum Gasteiger partial charge on any atom is -0.473 e. The lowest BCUT2D eigenvalue weighted by atomic mass is 10.2. The minimum atomic E-state index is -1.82. The van der Waals surface area contributed by atoms with E-state index >= 15 is 0 Å². The Kier molecular flexibility index (Phi) is 6.86. The molecule has 2 rings (SSSR count). The van der Waals surface area contributed by atoms with E-state index in [-0.39, 0.29) is 0 Å². The molecule has 0 aliphatic rings. The van der Waals surface area contributed by atoms with Gasteiger partial charge in [-0.2, -0.15) is 0 Å². The van der Waals surface area contributed by atoms with E-state index in [9.17, 15) is 0 Å². The number of aliphatic carboxylic acids is 2. The maximum Gasteiger partial charge on any atom is 0.414 e. The fourth-order valence-electron chi connectivity index (χ4n) is 1.76. The van der Waals surface area contributed by atoms with E-state index in [1.54, 1.807) is 18.4 Å². The molecule has 9 heteroatoms. The van der Waals surface area contributed by atoms with Gasteiger partial charge in [0.25, 0.3) is 0 Å². The second kappa shape index (κ2) is 8.39.